The highest BCUT2D eigenvalue weighted by Crippen LogP contribution is 2.24. The Balaban J connectivity index is 1.48. The number of carbonyl (C=O) groups is 2. The van der Waals surface area contributed by atoms with Gasteiger partial charge in [-0.2, -0.15) is 0 Å². The predicted octanol–water partition coefficient (Wildman–Crippen LogP) is 2.54. The van der Waals surface area contributed by atoms with Crippen molar-refractivity contribution in [1.82, 2.24) is 4.90 Å². The molecule has 0 aliphatic carbocycles. The van der Waals surface area contributed by atoms with Crippen molar-refractivity contribution in [3.63, 3.8) is 0 Å². The van der Waals surface area contributed by atoms with E-state index in [9.17, 15) is 9.59 Å². The molecule has 1 aromatic carbocycles. The van der Waals surface area contributed by atoms with Crippen LogP contribution in [0.5, 0.6) is 0 Å². The summed E-state index contributed by atoms with van der Waals surface area (Å²) in [5, 5.41) is 13.9. The van der Waals surface area contributed by atoms with Crippen LogP contribution in [0.1, 0.15) is 28.8 Å². The second-order valence-electron chi connectivity index (χ2n) is 5.84. The number of hydrogen-bond acceptors (Lipinski definition) is 4. The first-order valence-corrected chi connectivity index (χ1v) is 8.86. The number of aliphatic hydroxyl groups is 1. The number of benzene rings is 1. The Labute approximate surface area is 144 Å². The van der Waals surface area contributed by atoms with Gasteiger partial charge in [-0.25, -0.2) is 0 Å². The van der Waals surface area contributed by atoms with E-state index in [2.05, 4.69) is 16.8 Å². The molecule has 2 heterocycles. The molecule has 24 heavy (non-hydrogen) atoms. The Morgan fingerprint density at radius 1 is 1.25 bits per heavy atom. The van der Waals surface area contributed by atoms with Crippen molar-refractivity contribution in [2.24, 2.45) is 0 Å². The Morgan fingerprint density at radius 3 is 2.96 bits per heavy atom. The number of thiophene rings is 1. The lowest BCUT2D eigenvalue weighted by atomic mass is 10.1. The molecule has 3 rings (SSSR count). The summed E-state index contributed by atoms with van der Waals surface area (Å²) in [5.74, 6) is -0.169. The summed E-state index contributed by atoms with van der Waals surface area (Å²) in [4.78, 5) is 27.5. The summed E-state index contributed by atoms with van der Waals surface area (Å²) < 4.78 is 0. The first-order chi connectivity index (χ1) is 11.7. The summed E-state index contributed by atoms with van der Waals surface area (Å²) in [6.45, 7) is 1.31. The Kier molecular flexibility index (Phi) is 5.27. The van der Waals surface area contributed by atoms with Crippen LogP contribution >= 0.6 is 11.3 Å². The molecular weight excluding hydrogens is 324 g/mol. The lowest BCUT2D eigenvalue weighted by molar-refractivity contribution is -0.133. The van der Waals surface area contributed by atoms with Crippen molar-refractivity contribution in [3.8, 4) is 0 Å². The standard InChI is InChI=1S/C18H20N2O3S/c21-12-13-2-1-3-15(10-13)19-17(22)4-5-18(23)20-8-6-16-14(11-20)7-9-24-16/h1-3,7,9-10,21H,4-6,8,11-12H2,(H,19,22). The summed E-state index contributed by atoms with van der Waals surface area (Å²) >= 11 is 1.74. The highest BCUT2D eigenvalue weighted by Gasteiger charge is 2.21. The number of carbonyl (C=O) groups excluding carboxylic acids is 2. The minimum absolute atomic E-state index is 0.0195. The van der Waals surface area contributed by atoms with Gasteiger partial charge in [0.15, 0.2) is 0 Å². The number of fused-ring (bicyclic) bond motifs is 1. The van der Waals surface area contributed by atoms with E-state index < -0.39 is 0 Å². The summed E-state index contributed by atoms with van der Waals surface area (Å²) in [6.07, 6.45) is 1.28. The third-order valence-electron chi connectivity index (χ3n) is 4.12. The number of nitrogens with zero attached hydrogens (tertiary/aromatic N) is 1. The van der Waals surface area contributed by atoms with Crippen LogP contribution in [0.4, 0.5) is 5.69 Å². The van der Waals surface area contributed by atoms with E-state index in [0.717, 1.165) is 18.5 Å². The van der Waals surface area contributed by atoms with Gasteiger partial charge in [0.2, 0.25) is 11.8 Å². The second-order valence-corrected chi connectivity index (χ2v) is 6.84. The molecule has 5 nitrogen and oxygen atoms in total. The maximum Gasteiger partial charge on any atom is 0.224 e. The molecule has 0 atom stereocenters. The topological polar surface area (TPSA) is 69.6 Å². The number of nitrogens with one attached hydrogen (secondary N) is 1. The van der Waals surface area contributed by atoms with Crippen LogP contribution in [-0.2, 0) is 29.2 Å². The fraction of sp³-hybridized carbons (Fsp3) is 0.333. The molecule has 2 N–H and O–H groups in total. The minimum atomic E-state index is -0.188. The number of rotatable bonds is 5. The van der Waals surface area contributed by atoms with E-state index in [0.29, 0.717) is 12.2 Å². The van der Waals surface area contributed by atoms with E-state index >= 15 is 0 Å². The molecule has 2 amide bonds. The van der Waals surface area contributed by atoms with Gasteiger partial charge in [0, 0.05) is 36.5 Å². The molecular formula is C18H20N2O3S. The van der Waals surface area contributed by atoms with E-state index in [-0.39, 0.29) is 31.3 Å². The average Bonchev–Trinajstić information content (AvgIpc) is 3.07. The smallest absolute Gasteiger partial charge is 0.224 e. The SMILES string of the molecule is O=C(CCC(=O)N1CCc2sccc2C1)Nc1cccc(CO)c1. The number of aliphatic hydroxyl groups excluding tert-OH is 1. The van der Waals surface area contributed by atoms with E-state index in [4.69, 9.17) is 5.11 Å². The van der Waals surface area contributed by atoms with E-state index in [1.807, 2.05) is 4.90 Å². The van der Waals surface area contributed by atoms with E-state index in [1.54, 1.807) is 35.6 Å². The van der Waals surface area contributed by atoms with Crippen molar-refractivity contribution in [2.45, 2.75) is 32.4 Å². The van der Waals surface area contributed by atoms with Gasteiger partial charge < -0.3 is 15.3 Å². The van der Waals surface area contributed by atoms with Crippen LogP contribution in [0.2, 0.25) is 0 Å². The largest absolute Gasteiger partial charge is 0.392 e. The third kappa shape index (κ3) is 4.01. The van der Waals surface area contributed by atoms with Crippen LogP contribution in [0.25, 0.3) is 0 Å². The first-order valence-electron chi connectivity index (χ1n) is 7.98. The normalized spacial score (nSPS) is 13.5. The van der Waals surface area contributed by atoms with Gasteiger partial charge in [-0.15, -0.1) is 11.3 Å². The summed E-state index contributed by atoms with van der Waals surface area (Å²) in [5.41, 5.74) is 2.61. The van der Waals surface area contributed by atoms with Crippen LogP contribution < -0.4 is 5.32 Å². The molecule has 126 valence electrons. The molecule has 0 bridgehead atoms. The molecule has 2 aromatic rings. The molecule has 0 fully saturated rings. The summed E-state index contributed by atoms with van der Waals surface area (Å²) in [6, 6.07) is 9.12. The predicted molar refractivity (Wildman–Crippen MR) is 93.7 cm³/mol. The van der Waals surface area contributed by atoms with Crippen molar-refractivity contribution in [3.05, 3.63) is 51.7 Å². The van der Waals surface area contributed by atoms with Gasteiger partial charge in [0.1, 0.15) is 0 Å². The number of anilines is 1. The average molecular weight is 344 g/mol. The minimum Gasteiger partial charge on any atom is -0.392 e. The van der Waals surface area contributed by atoms with Crippen LogP contribution in [0.3, 0.4) is 0 Å². The summed E-state index contributed by atoms with van der Waals surface area (Å²) in [7, 11) is 0. The molecule has 1 aliphatic rings. The Hall–Kier alpha value is -2.18. The zero-order chi connectivity index (χ0) is 16.9. The van der Waals surface area contributed by atoms with Crippen molar-refractivity contribution < 1.29 is 14.7 Å². The van der Waals surface area contributed by atoms with Gasteiger partial charge in [-0.1, -0.05) is 12.1 Å². The van der Waals surface area contributed by atoms with E-state index in [1.165, 1.54) is 10.4 Å². The third-order valence-corrected chi connectivity index (χ3v) is 5.14. The maximum atomic E-state index is 12.3. The van der Waals surface area contributed by atoms with Crippen LogP contribution in [-0.4, -0.2) is 28.4 Å². The molecule has 0 radical (unpaired) electrons. The maximum absolute atomic E-state index is 12.3. The lowest BCUT2D eigenvalue weighted by Gasteiger charge is -2.27. The fourth-order valence-electron chi connectivity index (χ4n) is 2.81. The number of amides is 2. The molecule has 0 unspecified atom stereocenters. The highest BCUT2D eigenvalue weighted by atomic mass is 32.1. The lowest BCUT2D eigenvalue weighted by Crippen LogP contribution is -2.35. The fourth-order valence-corrected chi connectivity index (χ4v) is 3.70. The zero-order valence-corrected chi connectivity index (χ0v) is 14.1. The Morgan fingerprint density at radius 2 is 2.12 bits per heavy atom. The monoisotopic (exact) mass is 344 g/mol. The molecule has 1 aromatic heterocycles. The highest BCUT2D eigenvalue weighted by molar-refractivity contribution is 7.10. The molecule has 0 spiro atoms. The molecule has 0 saturated carbocycles. The number of hydrogen-bond donors (Lipinski definition) is 2. The first kappa shape index (κ1) is 16.7. The van der Waals surface area contributed by atoms with Crippen molar-refractivity contribution in [2.75, 3.05) is 11.9 Å². The van der Waals surface area contributed by atoms with Gasteiger partial charge in [-0.3, -0.25) is 9.59 Å². The zero-order valence-electron chi connectivity index (χ0n) is 13.3. The Bertz CT molecular complexity index is 741. The quantitative estimate of drug-likeness (QED) is 0.876. The van der Waals surface area contributed by atoms with Crippen LogP contribution in [0.15, 0.2) is 35.7 Å². The van der Waals surface area contributed by atoms with Gasteiger partial charge >= 0.3 is 0 Å². The molecule has 0 saturated heterocycles. The van der Waals surface area contributed by atoms with Gasteiger partial charge in [0.25, 0.3) is 0 Å². The second kappa shape index (κ2) is 7.59. The van der Waals surface area contributed by atoms with Crippen molar-refractivity contribution >= 4 is 28.8 Å². The molecule has 6 heteroatoms. The van der Waals surface area contributed by atoms with Crippen LogP contribution in [0, 0.1) is 0 Å². The molecule has 1 aliphatic heterocycles. The van der Waals surface area contributed by atoms with Gasteiger partial charge in [0.05, 0.1) is 6.61 Å². The van der Waals surface area contributed by atoms with Crippen molar-refractivity contribution in [1.29, 1.82) is 0 Å². The van der Waals surface area contributed by atoms with Gasteiger partial charge in [-0.05, 0) is 41.1 Å².